The molecule has 1 saturated heterocycles. The van der Waals surface area contributed by atoms with Crippen LogP contribution in [-0.2, 0) is 16.0 Å². The van der Waals surface area contributed by atoms with Crippen molar-refractivity contribution in [1.29, 1.82) is 0 Å². The molecule has 1 aromatic heterocycles. The van der Waals surface area contributed by atoms with Gasteiger partial charge in [-0.25, -0.2) is 9.37 Å². The van der Waals surface area contributed by atoms with Gasteiger partial charge >= 0.3 is 5.91 Å². The van der Waals surface area contributed by atoms with Crippen LogP contribution in [0.5, 0.6) is 5.75 Å². The minimum Gasteiger partial charge on any atom is -0.507 e. The third kappa shape index (κ3) is 3.56. The van der Waals surface area contributed by atoms with Gasteiger partial charge < -0.3 is 9.84 Å². The number of nitrogens with zero attached hydrogens (tertiary/aromatic N) is 2. The SMILES string of the molecule is Cc1ccc2nc(N3C(=O)C(=O)/C(=C(/O)c4ccc5c(c4)C[C@H](C)O5)[C@H]3c3ccc(F)cc3)sc2c1. The van der Waals surface area contributed by atoms with E-state index >= 15 is 0 Å². The standard InChI is InChI=1S/C28H21FN2O4S/c1-14-3-9-20-22(11-14)36-28(30-20)31-24(16-4-7-19(29)8-5-16)23(26(33)27(31)34)25(32)17-6-10-21-18(13-17)12-15(2)35-21/h3-11,13,15,24,32H,12H2,1-2H3/b25-23+/t15-,24+/m0/s1. The number of carbonyl (C=O) groups is 2. The lowest BCUT2D eigenvalue weighted by Gasteiger charge is -2.23. The van der Waals surface area contributed by atoms with Crippen molar-refractivity contribution in [2.75, 3.05) is 4.90 Å². The van der Waals surface area contributed by atoms with Gasteiger partial charge in [0.15, 0.2) is 5.13 Å². The Morgan fingerprint density at radius 2 is 1.89 bits per heavy atom. The third-order valence-corrected chi connectivity index (χ3v) is 7.56. The molecule has 180 valence electrons. The number of hydrogen-bond donors (Lipinski definition) is 1. The molecular weight excluding hydrogens is 479 g/mol. The van der Waals surface area contributed by atoms with E-state index in [1.807, 2.05) is 32.0 Å². The first-order valence-corrected chi connectivity index (χ1v) is 12.4. The highest BCUT2D eigenvalue weighted by Gasteiger charge is 2.48. The highest BCUT2D eigenvalue weighted by atomic mass is 32.1. The summed E-state index contributed by atoms with van der Waals surface area (Å²) in [5, 5.41) is 11.7. The number of halogens is 1. The van der Waals surface area contributed by atoms with Crippen LogP contribution >= 0.6 is 11.3 Å². The van der Waals surface area contributed by atoms with Gasteiger partial charge in [0.05, 0.1) is 21.8 Å². The smallest absolute Gasteiger partial charge is 0.301 e. The zero-order valence-corrected chi connectivity index (χ0v) is 20.3. The Balaban J connectivity index is 1.53. The molecule has 1 amide bonds. The fourth-order valence-electron chi connectivity index (χ4n) is 4.84. The van der Waals surface area contributed by atoms with E-state index in [4.69, 9.17) is 4.74 Å². The lowest BCUT2D eigenvalue weighted by molar-refractivity contribution is -0.132. The van der Waals surface area contributed by atoms with E-state index in [1.54, 1.807) is 18.2 Å². The molecule has 6 nitrogen and oxygen atoms in total. The molecule has 0 aliphatic carbocycles. The first-order chi connectivity index (χ1) is 17.3. The number of fused-ring (bicyclic) bond motifs is 2. The molecule has 1 N–H and O–H groups in total. The summed E-state index contributed by atoms with van der Waals surface area (Å²) in [5.41, 5.74) is 3.51. The van der Waals surface area contributed by atoms with E-state index in [0.29, 0.717) is 28.2 Å². The predicted octanol–water partition coefficient (Wildman–Crippen LogP) is 5.69. The van der Waals surface area contributed by atoms with Crippen molar-refractivity contribution in [2.45, 2.75) is 32.4 Å². The van der Waals surface area contributed by atoms with E-state index in [2.05, 4.69) is 4.98 Å². The maximum Gasteiger partial charge on any atom is 0.301 e. The molecule has 2 aliphatic heterocycles. The van der Waals surface area contributed by atoms with Crippen LogP contribution in [0.25, 0.3) is 16.0 Å². The first kappa shape index (κ1) is 22.4. The Kier molecular flexibility index (Phi) is 5.15. The molecule has 3 heterocycles. The number of benzene rings is 3. The van der Waals surface area contributed by atoms with Gasteiger partial charge in [0.1, 0.15) is 23.4 Å². The number of aryl methyl sites for hydroxylation is 1. The maximum absolute atomic E-state index is 13.8. The number of aromatic nitrogens is 1. The van der Waals surface area contributed by atoms with Crippen molar-refractivity contribution >= 4 is 44.1 Å². The number of hydrogen-bond acceptors (Lipinski definition) is 6. The van der Waals surface area contributed by atoms with Crippen LogP contribution in [0.2, 0.25) is 0 Å². The number of carbonyl (C=O) groups excluding carboxylic acids is 2. The number of ketones is 1. The van der Waals surface area contributed by atoms with Crippen LogP contribution in [0, 0.1) is 12.7 Å². The average Bonchev–Trinajstić information content (AvgIpc) is 3.51. The largest absolute Gasteiger partial charge is 0.507 e. The van der Waals surface area contributed by atoms with E-state index in [1.165, 1.54) is 40.5 Å². The molecule has 3 aromatic carbocycles. The number of anilines is 1. The van der Waals surface area contributed by atoms with Gasteiger partial charge in [-0.05, 0) is 73.0 Å². The predicted molar refractivity (Wildman–Crippen MR) is 136 cm³/mol. The molecule has 0 spiro atoms. The molecule has 0 unspecified atom stereocenters. The molecular formula is C28H21FN2O4S. The number of aliphatic hydroxyl groups excluding tert-OH is 1. The lowest BCUT2D eigenvalue weighted by atomic mass is 9.94. The van der Waals surface area contributed by atoms with E-state index in [0.717, 1.165) is 21.6 Å². The van der Waals surface area contributed by atoms with Crippen molar-refractivity contribution < 1.29 is 23.8 Å². The van der Waals surface area contributed by atoms with E-state index in [9.17, 15) is 19.1 Å². The normalized spacial score (nSPS) is 20.7. The lowest BCUT2D eigenvalue weighted by Crippen LogP contribution is -2.29. The molecule has 0 bridgehead atoms. The zero-order chi connectivity index (χ0) is 25.1. The van der Waals surface area contributed by atoms with Gasteiger partial charge in [0, 0.05) is 12.0 Å². The third-order valence-electron chi connectivity index (χ3n) is 6.54. The summed E-state index contributed by atoms with van der Waals surface area (Å²) in [7, 11) is 0. The highest BCUT2D eigenvalue weighted by Crippen LogP contribution is 2.45. The second-order valence-corrected chi connectivity index (χ2v) is 10.2. The summed E-state index contributed by atoms with van der Waals surface area (Å²) in [4.78, 5) is 32.7. The van der Waals surface area contributed by atoms with Gasteiger partial charge in [-0.15, -0.1) is 0 Å². The molecule has 36 heavy (non-hydrogen) atoms. The minimum atomic E-state index is -0.962. The van der Waals surface area contributed by atoms with Crippen LogP contribution in [0.3, 0.4) is 0 Å². The number of thiazole rings is 1. The molecule has 2 aliphatic rings. The number of aliphatic hydroxyl groups is 1. The van der Waals surface area contributed by atoms with Gasteiger partial charge in [0.25, 0.3) is 5.78 Å². The van der Waals surface area contributed by atoms with Crippen LogP contribution < -0.4 is 9.64 Å². The molecule has 2 atom stereocenters. The second kappa shape index (κ2) is 8.27. The fourth-order valence-corrected chi connectivity index (χ4v) is 5.93. The van der Waals surface area contributed by atoms with Crippen LogP contribution in [0.15, 0.2) is 66.2 Å². The Bertz CT molecular complexity index is 1590. The number of amides is 1. The summed E-state index contributed by atoms with van der Waals surface area (Å²) in [6, 6.07) is 15.6. The van der Waals surface area contributed by atoms with Crippen LogP contribution in [0.1, 0.15) is 35.2 Å². The molecule has 8 heteroatoms. The number of Topliss-reactive ketones (excluding diaryl/α,β-unsaturated/α-hetero) is 1. The molecule has 4 aromatic rings. The van der Waals surface area contributed by atoms with Gasteiger partial charge in [-0.2, -0.15) is 0 Å². The van der Waals surface area contributed by atoms with Crippen molar-refractivity contribution in [2.24, 2.45) is 0 Å². The fraction of sp³-hybridized carbons (Fsp3) is 0.179. The highest BCUT2D eigenvalue weighted by molar-refractivity contribution is 7.22. The summed E-state index contributed by atoms with van der Waals surface area (Å²) in [5.74, 6) is -1.61. The Labute approximate surface area is 210 Å². The van der Waals surface area contributed by atoms with Crippen molar-refractivity contribution in [1.82, 2.24) is 4.98 Å². The Morgan fingerprint density at radius 1 is 1.11 bits per heavy atom. The van der Waals surface area contributed by atoms with Crippen LogP contribution in [0.4, 0.5) is 9.52 Å². The average molecular weight is 501 g/mol. The molecule has 0 saturated carbocycles. The van der Waals surface area contributed by atoms with Gasteiger partial charge in [-0.3, -0.25) is 14.5 Å². The van der Waals surface area contributed by atoms with E-state index in [-0.39, 0.29) is 17.4 Å². The van der Waals surface area contributed by atoms with Crippen molar-refractivity contribution in [3.63, 3.8) is 0 Å². The van der Waals surface area contributed by atoms with Gasteiger partial charge in [-0.1, -0.05) is 29.5 Å². The summed E-state index contributed by atoms with van der Waals surface area (Å²) in [6.45, 7) is 3.92. The quantitative estimate of drug-likeness (QED) is 0.222. The molecule has 6 rings (SSSR count). The zero-order valence-electron chi connectivity index (χ0n) is 19.5. The van der Waals surface area contributed by atoms with Crippen molar-refractivity contribution in [3.8, 4) is 5.75 Å². The Morgan fingerprint density at radius 3 is 2.67 bits per heavy atom. The summed E-state index contributed by atoms with van der Waals surface area (Å²) >= 11 is 1.29. The van der Waals surface area contributed by atoms with Crippen LogP contribution in [-0.4, -0.2) is 27.9 Å². The summed E-state index contributed by atoms with van der Waals surface area (Å²) < 4.78 is 20.4. The summed E-state index contributed by atoms with van der Waals surface area (Å²) in [6.07, 6.45) is 0.696. The van der Waals surface area contributed by atoms with Gasteiger partial charge in [0.2, 0.25) is 0 Å². The first-order valence-electron chi connectivity index (χ1n) is 11.5. The Hall–Kier alpha value is -4.04. The molecule has 0 radical (unpaired) electrons. The van der Waals surface area contributed by atoms with E-state index < -0.39 is 23.5 Å². The minimum absolute atomic E-state index is 0.0184. The van der Waals surface area contributed by atoms with Crippen molar-refractivity contribution in [3.05, 3.63) is 94.3 Å². The number of rotatable bonds is 3. The second-order valence-electron chi connectivity index (χ2n) is 9.14. The topological polar surface area (TPSA) is 79.7 Å². The maximum atomic E-state index is 13.8. The number of ether oxygens (including phenoxy) is 1. The monoisotopic (exact) mass is 500 g/mol. The molecule has 1 fully saturated rings.